The van der Waals surface area contributed by atoms with Gasteiger partial charge in [0.2, 0.25) is 11.8 Å². The molecular formula is C27H29N7O3. The third kappa shape index (κ3) is 4.50. The summed E-state index contributed by atoms with van der Waals surface area (Å²) in [5.41, 5.74) is 5.40. The number of methoxy groups -OCH3 is 1. The second-order valence-electron chi connectivity index (χ2n) is 9.28. The van der Waals surface area contributed by atoms with Crippen LogP contribution in [0.1, 0.15) is 18.9 Å². The lowest BCUT2D eigenvalue weighted by Crippen LogP contribution is -2.48. The van der Waals surface area contributed by atoms with E-state index >= 15 is 0 Å². The van der Waals surface area contributed by atoms with E-state index in [1.54, 1.807) is 20.2 Å². The third-order valence-electron chi connectivity index (χ3n) is 6.93. The summed E-state index contributed by atoms with van der Waals surface area (Å²) < 4.78 is 13.4. The second-order valence-corrected chi connectivity index (χ2v) is 9.28. The standard InChI is InChI=1S/C27H29N7O3/c1-18(35)32-9-11-33(12-10-32)23-6-5-21(15-24(23)36-2)30-25-26-28-7-8-34(26)17-22(31-25)20-14-19-4-3-13-37-27(19)29-16-20/h5-8,14-17H,3-4,9-13H2,1-2H3,(H,30,31). The van der Waals surface area contributed by atoms with Crippen LogP contribution in [0.25, 0.3) is 16.9 Å². The number of aromatic nitrogens is 4. The molecule has 2 aliphatic heterocycles. The number of benzene rings is 1. The summed E-state index contributed by atoms with van der Waals surface area (Å²) in [4.78, 5) is 29.8. The largest absolute Gasteiger partial charge is 0.495 e. The molecule has 0 spiro atoms. The van der Waals surface area contributed by atoms with Gasteiger partial charge in [0.15, 0.2) is 11.5 Å². The topological polar surface area (TPSA) is 97.1 Å². The Morgan fingerprint density at radius 3 is 2.81 bits per heavy atom. The quantitative estimate of drug-likeness (QED) is 0.446. The molecule has 0 aliphatic carbocycles. The Balaban J connectivity index is 1.29. The molecule has 190 valence electrons. The molecule has 1 saturated heterocycles. The number of ether oxygens (including phenoxy) is 2. The van der Waals surface area contributed by atoms with Crippen molar-refractivity contribution in [2.75, 3.05) is 50.1 Å². The van der Waals surface area contributed by atoms with Gasteiger partial charge in [-0.05, 0) is 31.0 Å². The zero-order valence-corrected chi connectivity index (χ0v) is 21.0. The van der Waals surface area contributed by atoms with Gasteiger partial charge in [-0.2, -0.15) is 0 Å². The van der Waals surface area contributed by atoms with Crippen LogP contribution in [0.3, 0.4) is 0 Å². The minimum Gasteiger partial charge on any atom is -0.495 e. The lowest BCUT2D eigenvalue weighted by Gasteiger charge is -2.36. The van der Waals surface area contributed by atoms with E-state index in [0.29, 0.717) is 31.4 Å². The first-order chi connectivity index (χ1) is 18.1. The molecule has 0 atom stereocenters. The number of carbonyl (C=O) groups is 1. The number of rotatable bonds is 5. The molecular weight excluding hydrogens is 470 g/mol. The number of nitrogens with one attached hydrogen (secondary N) is 1. The summed E-state index contributed by atoms with van der Waals surface area (Å²) >= 11 is 0. The maximum absolute atomic E-state index is 11.7. The highest BCUT2D eigenvalue weighted by Crippen LogP contribution is 2.34. The number of carbonyl (C=O) groups excluding carboxylic acids is 1. The number of nitrogens with zero attached hydrogens (tertiary/aromatic N) is 6. The third-order valence-corrected chi connectivity index (χ3v) is 6.93. The molecule has 10 heteroatoms. The summed E-state index contributed by atoms with van der Waals surface area (Å²) in [7, 11) is 1.67. The van der Waals surface area contributed by atoms with Crippen LogP contribution in [0.5, 0.6) is 11.6 Å². The SMILES string of the molecule is COc1cc(Nc2nc(-c3cnc4c(c3)CCCO4)cn3ccnc23)ccc1N1CCN(C(C)=O)CC1. The predicted molar refractivity (Wildman–Crippen MR) is 141 cm³/mol. The van der Waals surface area contributed by atoms with Gasteiger partial charge < -0.3 is 29.0 Å². The van der Waals surface area contributed by atoms with E-state index in [9.17, 15) is 4.79 Å². The van der Waals surface area contributed by atoms with Gasteiger partial charge in [-0.1, -0.05) is 0 Å². The Morgan fingerprint density at radius 2 is 2.00 bits per heavy atom. The molecule has 2 aliphatic rings. The molecule has 1 aromatic carbocycles. The van der Waals surface area contributed by atoms with Crippen molar-refractivity contribution in [1.29, 1.82) is 0 Å². The van der Waals surface area contributed by atoms with Gasteiger partial charge >= 0.3 is 0 Å². The van der Waals surface area contributed by atoms with Gasteiger partial charge in [-0.3, -0.25) is 4.79 Å². The monoisotopic (exact) mass is 499 g/mol. The molecule has 0 saturated carbocycles. The molecule has 5 heterocycles. The van der Waals surface area contributed by atoms with Crippen LogP contribution in [-0.2, 0) is 11.2 Å². The van der Waals surface area contributed by atoms with Crippen LogP contribution < -0.4 is 19.7 Å². The molecule has 1 N–H and O–H groups in total. The fourth-order valence-electron chi connectivity index (χ4n) is 4.95. The molecule has 1 amide bonds. The normalized spacial score (nSPS) is 15.3. The van der Waals surface area contributed by atoms with Crippen molar-refractivity contribution >= 4 is 28.7 Å². The number of piperazine rings is 1. The number of anilines is 3. The highest BCUT2D eigenvalue weighted by Gasteiger charge is 2.22. The van der Waals surface area contributed by atoms with Gasteiger partial charge in [-0.15, -0.1) is 0 Å². The number of hydrogen-bond acceptors (Lipinski definition) is 8. The average molecular weight is 500 g/mol. The minimum atomic E-state index is 0.116. The van der Waals surface area contributed by atoms with E-state index in [4.69, 9.17) is 14.5 Å². The zero-order valence-electron chi connectivity index (χ0n) is 21.0. The first kappa shape index (κ1) is 23.1. The summed E-state index contributed by atoms with van der Waals surface area (Å²) in [5.74, 6) is 2.23. The molecule has 0 bridgehead atoms. The average Bonchev–Trinajstić information content (AvgIpc) is 3.42. The number of hydrogen-bond donors (Lipinski definition) is 1. The molecule has 1 fully saturated rings. The van der Waals surface area contributed by atoms with Crippen LogP contribution in [-0.4, -0.2) is 70.1 Å². The summed E-state index contributed by atoms with van der Waals surface area (Å²) in [6.07, 6.45) is 9.38. The molecule has 0 radical (unpaired) electrons. The Bertz CT molecular complexity index is 1460. The second kappa shape index (κ2) is 9.61. The number of amides is 1. The molecule has 6 rings (SSSR count). The van der Waals surface area contributed by atoms with E-state index in [0.717, 1.165) is 65.5 Å². The number of pyridine rings is 1. The molecule has 0 unspecified atom stereocenters. The zero-order chi connectivity index (χ0) is 25.4. The van der Waals surface area contributed by atoms with Crippen molar-refractivity contribution in [2.45, 2.75) is 19.8 Å². The van der Waals surface area contributed by atoms with Crippen molar-refractivity contribution < 1.29 is 14.3 Å². The van der Waals surface area contributed by atoms with Crippen LogP contribution in [0, 0.1) is 0 Å². The fourth-order valence-corrected chi connectivity index (χ4v) is 4.95. The van der Waals surface area contributed by atoms with E-state index in [1.807, 2.05) is 46.1 Å². The fraction of sp³-hybridized carbons (Fsp3) is 0.333. The van der Waals surface area contributed by atoms with Crippen LogP contribution in [0.15, 0.2) is 49.1 Å². The highest BCUT2D eigenvalue weighted by molar-refractivity contribution is 5.76. The van der Waals surface area contributed by atoms with Gasteiger partial charge in [0.1, 0.15) is 5.75 Å². The van der Waals surface area contributed by atoms with Crippen LogP contribution >= 0.6 is 0 Å². The Morgan fingerprint density at radius 1 is 1.14 bits per heavy atom. The Labute approximate surface area is 214 Å². The maximum Gasteiger partial charge on any atom is 0.219 e. The number of fused-ring (bicyclic) bond motifs is 2. The van der Waals surface area contributed by atoms with Crippen molar-refractivity contribution in [2.24, 2.45) is 0 Å². The van der Waals surface area contributed by atoms with Crippen LogP contribution in [0.4, 0.5) is 17.2 Å². The Hall–Kier alpha value is -4.34. The van der Waals surface area contributed by atoms with Gasteiger partial charge in [0.25, 0.3) is 0 Å². The van der Waals surface area contributed by atoms with E-state index in [-0.39, 0.29) is 5.91 Å². The molecule has 10 nitrogen and oxygen atoms in total. The smallest absolute Gasteiger partial charge is 0.219 e. The first-order valence-corrected chi connectivity index (χ1v) is 12.5. The predicted octanol–water partition coefficient (Wildman–Crippen LogP) is 3.54. The lowest BCUT2D eigenvalue weighted by atomic mass is 10.1. The van der Waals surface area contributed by atoms with E-state index in [2.05, 4.69) is 26.3 Å². The van der Waals surface area contributed by atoms with E-state index < -0.39 is 0 Å². The van der Waals surface area contributed by atoms with Crippen molar-refractivity contribution in [3.8, 4) is 22.9 Å². The number of aryl methyl sites for hydroxylation is 1. The van der Waals surface area contributed by atoms with Crippen molar-refractivity contribution in [3.05, 3.63) is 54.6 Å². The van der Waals surface area contributed by atoms with Crippen molar-refractivity contribution in [1.82, 2.24) is 24.3 Å². The summed E-state index contributed by atoms with van der Waals surface area (Å²) in [5, 5.41) is 3.44. The molecule has 4 aromatic rings. The van der Waals surface area contributed by atoms with E-state index in [1.165, 1.54) is 0 Å². The first-order valence-electron chi connectivity index (χ1n) is 12.5. The van der Waals surface area contributed by atoms with Crippen molar-refractivity contribution in [3.63, 3.8) is 0 Å². The van der Waals surface area contributed by atoms with Gasteiger partial charge in [0.05, 0.1) is 25.1 Å². The van der Waals surface area contributed by atoms with Gasteiger partial charge in [0, 0.05) is 80.8 Å². The van der Waals surface area contributed by atoms with Gasteiger partial charge in [-0.25, -0.2) is 15.0 Å². The molecule has 3 aromatic heterocycles. The lowest BCUT2D eigenvalue weighted by molar-refractivity contribution is -0.129. The Kier molecular flexibility index (Phi) is 5.99. The maximum atomic E-state index is 11.7. The summed E-state index contributed by atoms with van der Waals surface area (Å²) in [6.45, 7) is 5.27. The van der Waals surface area contributed by atoms with Crippen LogP contribution in [0.2, 0.25) is 0 Å². The summed E-state index contributed by atoms with van der Waals surface area (Å²) in [6, 6.07) is 8.14. The highest BCUT2D eigenvalue weighted by atomic mass is 16.5. The molecule has 37 heavy (non-hydrogen) atoms. The number of imidazole rings is 1. The minimum absolute atomic E-state index is 0.116.